The maximum absolute atomic E-state index is 12.7. The molecule has 2 N–H and O–H groups in total. The van der Waals surface area contributed by atoms with Gasteiger partial charge in [-0.1, -0.05) is 60.2 Å². The number of carbonyl (C=O) groups excluding carboxylic acids is 1. The van der Waals surface area contributed by atoms with Crippen molar-refractivity contribution in [1.82, 2.24) is 4.90 Å². The van der Waals surface area contributed by atoms with Crippen molar-refractivity contribution in [3.8, 4) is 5.75 Å². The third kappa shape index (κ3) is 5.72. The first kappa shape index (κ1) is 23.7. The molecule has 1 aliphatic heterocycles. The van der Waals surface area contributed by atoms with Gasteiger partial charge in [-0.2, -0.15) is 0 Å². The third-order valence-electron chi connectivity index (χ3n) is 5.86. The lowest BCUT2D eigenvalue weighted by molar-refractivity contribution is 0.0968. The predicted octanol–water partition coefficient (Wildman–Crippen LogP) is 6.73. The molecule has 0 fully saturated rings. The van der Waals surface area contributed by atoms with Gasteiger partial charge >= 0.3 is 6.09 Å². The minimum absolute atomic E-state index is 0.284. The summed E-state index contributed by atoms with van der Waals surface area (Å²) in [6.45, 7) is 3.15. The summed E-state index contributed by atoms with van der Waals surface area (Å²) in [5.74, 6) is 0.771. The van der Waals surface area contributed by atoms with Crippen LogP contribution in [0.5, 0.6) is 5.75 Å². The molecule has 0 bridgehead atoms. The quantitative estimate of drug-likeness (QED) is 0.469. The highest BCUT2D eigenvalue weighted by molar-refractivity contribution is 6.30. The van der Waals surface area contributed by atoms with Crippen LogP contribution in [0.15, 0.2) is 84.5 Å². The van der Waals surface area contributed by atoms with E-state index >= 15 is 0 Å². The van der Waals surface area contributed by atoms with Gasteiger partial charge in [-0.25, -0.2) is 4.79 Å². The summed E-state index contributed by atoms with van der Waals surface area (Å²) in [6.07, 6.45) is 13.8. The van der Waals surface area contributed by atoms with Crippen LogP contribution in [0.25, 0.3) is 5.57 Å². The molecule has 0 radical (unpaired) electrons. The summed E-state index contributed by atoms with van der Waals surface area (Å²) in [6, 6.07) is 13.0. The van der Waals surface area contributed by atoms with Crippen LogP contribution in [0.2, 0.25) is 5.02 Å². The number of halogens is 1. The molecule has 2 aromatic rings. The lowest BCUT2D eigenvalue weighted by atomic mass is 9.91. The van der Waals surface area contributed by atoms with E-state index in [1.54, 1.807) is 11.0 Å². The standard InChI is InChI=1S/C28H29ClN2O3/c1-2-33-28(32)31-16-15-22(25-18-23(29)11-14-26(25)30)17-27(31)21-9-12-24(13-10-21)34-19-20-7-5-3-4-6-8-20/h3,5-14,17-18,27H,2,4,15-16,19,30H2,1H3. The molecule has 1 atom stereocenters. The van der Waals surface area contributed by atoms with E-state index in [1.807, 2.05) is 49.4 Å². The number of allylic oxidation sites excluding steroid dienone is 4. The minimum Gasteiger partial charge on any atom is -0.489 e. The second-order valence-corrected chi connectivity index (χ2v) is 8.61. The Labute approximate surface area is 205 Å². The molecule has 1 amide bonds. The zero-order chi connectivity index (χ0) is 23.9. The first-order valence-corrected chi connectivity index (χ1v) is 11.9. The van der Waals surface area contributed by atoms with Crippen LogP contribution >= 0.6 is 11.6 Å². The Morgan fingerprint density at radius 2 is 2.00 bits per heavy atom. The van der Waals surface area contributed by atoms with E-state index in [0.29, 0.717) is 36.9 Å². The van der Waals surface area contributed by atoms with Gasteiger partial charge in [-0.15, -0.1) is 0 Å². The lowest BCUT2D eigenvalue weighted by Crippen LogP contribution is -2.37. The molecule has 4 rings (SSSR count). The van der Waals surface area contributed by atoms with Crippen molar-refractivity contribution in [3.05, 3.63) is 101 Å². The highest BCUT2D eigenvalue weighted by Crippen LogP contribution is 2.37. The molecule has 1 unspecified atom stereocenters. The Balaban J connectivity index is 1.58. The van der Waals surface area contributed by atoms with Gasteiger partial charge in [-0.3, -0.25) is 4.90 Å². The summed E-state index contributed by atoms with van der Waals surface area (Å²) in [5.41, 5.74) is 10.9. The molecule has 0 spiro atoms. The van der Waals surface area contributed by atoms with Crippen LogP contribution in [-0.2, 0) is 4.74 Å². The number of carbonyl (C=O) groups is 1. The lowest BCUT2D eigenvalue weighted by Gasteiger charge is -2.34. The van der Waals surface area contributed by atoms with Crippen molar-refractivity contribution in [2.45, 2.75) is 25.8 Å². The number of rotatable bonds is 6. The molecule has 2 aromatic carbocycles. The molecular formula is C28H29ClN2O3. The van der Waals surface area contributed by atoms with Gasteiger partial charge in [0.05, 0.1) is 12.6 Å². The van der Waals surface area contributed by atoms with Crippen molar-refractivity contribution in [3.63, 3.8) is 0 Å². The Morgan fingerprint density at radius 1 is 1.18 bits per heavy atom. The Morgan fingerprint density at radius 3 is 2.79 bits per heavy atom. The van der Waals surface area contributed by atoms with Crippen molar-refractivity contribution in [1.29, 1.82) is 0 Å². The second-order valence-electron chi connectivity index (χ2n) is 8.18. The molecule has 1 aliphatic carbocycles. The van der Waals surface area contributed by atoms with Crippen molar-refractivity contribution in [2.75, 3.05) is 25.5 Å². The summed E-state index contributed by atoms with van der Waals surface area (Å²) >= 11 is 6.23. The molecule has 0 saturated carbocycles. The minimum atomic E-state index is -0.331. The highest BCUT2D eigenvalue weighted by atomic mass is 35.5. The summed E-state index contributed by atoms with van der Waals surface area (Å²) in [4.78, 5) is 14.5. The normalized spacial score (nSPS) is 17.6. The number of amides is 1. The largest absolute Gasteiger partial charge is 0.489 e. The molecule has 1 heterocycles. The van der Waals surface area contributed by atoms with Crippen molar-refractivity contribution < 1.29 is 14.3 Å². The van der Waals surface area contributed by atoms with E-state index in [2.05, 4.69) is 30.4 Å². The fourth-order valence-corrected chi connectivity index (χ4v) is 4.28. The fraction of sp³-hybridized carbons (Fsp3) is 0.250. The number of nitrogens with zero attached hydrogens (tertiary/aromatic N) is 1. The van der Waals surface area contributed by atoms with Crippen LogP contribution in [0.1, 0.15) is 36.9 Å². The average Bonchev–Trinajstić information content (AvgIpc) is 3.13. The molecule has 176 valence electrons. The molecule has 34 heavy (non-hydrogen) atoms. The Hall–Kier alpha value is -3.44. The number of anilines is 1. The monoisotopic (exact) mass is 476 g/mol. The predicted molar refractivity (Wildman–Crippen MR) is 138 cm³/mol. The van der Waals surface area contributed by atoms with Gasteiger partial charge in [0.1, 0.15) is 12.4 Å². The maximum Gasteiger partial charge on any atom is 0.410 e. The molecule has 0 aromatic heterocycles. The molecule has 2 aliphatic rings. The van der Waals surface area contributed by atoms with Crippen LogP contribution < -0.4 is 10.5 Å². The molecule has 5 nitrogen and oxygen atoms in total. The fourth-order valence-electron chi connectivity index (χ4n) is 4.11. The van der Waals surface area contributed by atoms with Crippen LogP contribution in [0, 0.1) is 0 Å². The number of nitrogen functional groups attached to an aromatic ring is 1. The van der Waals surface area contributed by atoms with Crippen LogP contribution in [0.3, 0.4) is 0 Å². The zero-order valence-electron chi connectivity index (χ0n) is 19.2. The topological polar surface area (TPSA) is 64.8 Å². The number of ether oxygens (including phenoxy) is 2. The van der Waals surface area contributed by atoms with E-state index in [4.69, 9.17) is 26.8 Å². The summed E-state index contributed by atoms with van der Waals surface area (Å²) < 4.78 is 11.3. The smallest absolute Gasteiger partial charge is 0.410 e. The Kier molecular flexibility index (Phi) is 7.76. The van der Waals surface area contributed by atoms with E-state index in [9.17, 15) is 4.79 Å². The van der Waals surface area contributed by atoms with Gasteiger partial charge in [0.2, 0.25) is 0 Å². The molecule has 6 heteroatoms. The maximum atomic E-state index is 12.7. The van der Waals surface area contributed by atoms with E-state index < -0.39 is 0 Å². The summed E-state index contributed by atoms with van der Waals surface area (Å²) in [5, 5.41) is 0.630. The highest BCUT2D eigenvalue weighted by Gasteiger charge is 2.29. The Bertz CT molecular complexity index is 1150. The van der Waals surface area contributed by atoms with Gasteiger partial charge < -0.3 is 15.2 Å². The van der Waals surface area contributed by atoms with Gasteiger partial charge in [0.15, 0.2) is 0 Å². The summed E-state index contributed by atoms with van der Waals surface area (Å²) in [7, 11) is 0. The van der Waals surface area contributed by atoms with Gasteiger partial charge in [0.25, 0.3) is 0 Å². The van der Waals surface area contributed by atoms with Gasteiger partial charge in [-0.05, 0) is 66.8 Å². The first-order chi connectivity index (χ1) is 16.5. The van der Waals surface area contributed by atoms with Crippen molar-refractivity contribution >= 4 is 29.0 Å². The van der Waals surface area contributed by atoms with E-state index in [1.165, 1.54) is 0 Å². The third-order valence-corrected chi connectivity index (χ3v) is 6.09. The second kappa shape index (κ2) is 11.1. The SMILES string of the molecule is CCOC(=O)N1CCC(c2cc(Cl)ccc2N)=CC1c1ccc(OCC2=CC=CCC=C2)cc1. The van der Waals surface area contributed by atoms with Crippen LogP contribution in [0.4, 0.5) is 10.5 Å². The van der Waals surface area contributed by atoms with E-state index in [0.717, 1.165) is 34.4 Å². The number of hydrogen-bond donors (Lipinski definition) is 1. The number of hydrogen-bond acceptors (Lipinski definition) is 4. The first-order valence-electron chi connectivity index (χ1n) is 11.5. The number of benzene rings is 2. The average molecular weight is 477 g/mol. The van der Waals surface area contributed by atoms with Crippen molar-refractivity contribution in [2.24, 2.45) is 0 Å². The van der Waals surface area contributed by atoms with E-state index in [-0.39, 0.29) is 12.1 Å². The number of nitrogens with two attached hydrogens (primary N) is 1. The van der Waals surface area contributed by atoms with Crippen LogP contribution in [-0.4, -0.2) is 30.8 Å². The zero-order valence-corrected chi connectivity index (χ0v) is 20.0. The molecule has 0 saturated heterocycles. The van der Waals surface area contributed by atoms with Gasteiger partial charge in [0, 0.05) is 22.8 Å². The molecular weight excluding hydrogens is 448 g/mol.